The molecule has 1 fully saturated rings. The molecule has 0 atom stereocenters. The molecule has 0 radical (unpaired) electrons. The minimum absolute atomic E-state index is 1.07. The van der Waals surface area contributed by atoms with Crippen molar-refractivity contribution in [2.45, 2.75) is 6.54 Å². The summed E-state index contributed by atoms with van der Waals surface area (Å²) in [5, 5.41) is 7.10. The lowest BCUT2D eigenvalue weighted by atomic mass is 10.1. The highest BCUT2D eigenvalue weighted by Gasteiger charge is 2.13. The number of rotatable bonds is 2. The van der Waals surface area contributed by atoms with Crippen LogP contribution in [0.25, 0.3) is 10.1 Å². The van der Waals surface area contributed by atoms with E-state index in [9.17, 15) is 0 Å². The Hall–Kier alpha value is -0.420. The average Bonchev–Trinajstić information content (AvgIpc) is 2.75. The number of hydrogen-bond acceptors (Lipinski definition) is 3. The summed E-state index contributed by atoms with van der Waals surface area (Å²) in [5.74, 6) is 0. The SMILES string of the molecule is Brc1cccc2scc(CN3CCNCC3)c12. The molecule has 1 aromatic carbocycles. The van der Waals surface area contributed by atoms with Gasteiger partial charge >= 0.3 is 0 Å². The minimum atomic E-state index is 1.07. The van der Waals surface area contributed by atoms with Crippen molar-refractivity contribution in [2.24, 2.45) is 0 Å². The summed E-state index contributed by atoms with van der Waals surface area (Å²) in [6.07, 6.45) is 0. The third kappa shape index (κ3) is 2.40. The normalized spacial score (nSPS) is 17.7. The molecule has 1 aliphatic heterocycles. The van der Waals surface area contributed by atoms with E-state index in [1.807, 2.05) is 11.3 Å². The average molecular weight is 311 g/mol. The maximum atomic E-state index is 3.67. The van der Waals surface area contributed by atoms with E-state index >= 15 is 0 Å². The van der Waals surface area contributed by atoms with Gasteiger partial charge in [-0.25, -0.2) is 0 Å². The smallest absolute Gasteiger partial charge is 0.0357 e. The first kappa shape index (κ1) is 11.7. The van der Waals surface area contributed by atoms with Crippen LogP contribution in [0.4, 0.5) is 0 Å². The van der Waals surface area contributed by atoms with E-state index in [2.05, 4.69) is 49.7 Å². The van der Waals surface area contributed by atoms with E-state index in [-0.39, 0.29) is 0 Å². The summed E-state index contributed by atoms with van der Waals surface area (Å²) in [6.45, 7) is 5.61. The van der Waals surface area contributed by atoms with Gasteiger partial charge in [0.25, 0.3) is 0 Å². The number of fused-ring (bicyclic) bond motifs is 1. The standard InChI is InChI=1S/C13H15BrN2S/c14-11-2-1-3-12-13(11)10(9-17-12)8-16-6-4-15-5-7-16/h1-3,9,15H,4-8H2. The summed E-state index contributed by atoms with van der Waals surface area (Å²) < 4.78 is 2.60. The molecule has 2 aromatic rings. The Morgan fingerprint density at radius 1 is 1.29 bits per heavy atom. The summed E-state index contributed by atoms with van der Waals surface area (Å²) in [7, 11) is 0. The van der Waals surface area contributed by atoms with E-state index < -0.39 is 0 Å². The number of hydrogen-bond donors (Lipinski definition) is 1. The second-order valence-corrected chi connectivity index (χ2v) is 6.17. The van der Waals surface area contributed by atoms with E-state index in [0.717, 1.165) is 32.7 Å². The molecule has 1 saturated heterocycles. The fourth-order valence-electron chi connectivity index (χ4n) is 2.33. The first-order valence-corrected chi connectivity index (χ1v) is 7.59. The Kier molecular flexibility index (Phi) is 3.47. The molecule has 17 heavy (non-hydrogen) atoms. The highest BCUT2D eigenvalue weighted by molar-refractivity contribution is 9.10. The van der Waals surface area contributed by atoms with E-state index in [0.29, 0.717) is 0 Å². The highest BCUT2D eigenvalue weighted by Crippen LogP contribution is 2.32. The van der Waals surface area contributed by atoms with Crippen LogP contribution in [0.15, 0.2) is 28.1 Å². The van der Waals surface area contributed by atoms with Gasteiger partial charge in [-0.1, -0.05) is 22.0 Å². The van der Waals surface area contributed by atoms with Gasteiger partial charge in [0.05, 0.1) is 0 Å². The molecule has 0 saturated carbocycles. The topological polar surface area (TPSA) is 15.3 Å². The highest BCUT2D eigenvalue weighted by atomic mass is 79.9. The zero-order valence-electron chi connectivity index (χ0n) is 9.58. The van der Waals surface area contributed by atoms with Gasteiger partial charge in [-0.05, 0) is 23.1 Å². The second kappa shape index (κ2) is 5.06. The van der Waals surface area contributed by atoms with Crippen LogP contribution >= 0.6 is 27.3 Å². The number of thiophene rings is 1. The van der Waals surface area contributed by atoms with Crippen LogP contribution in [0.5, 0.6) is 0 Å². The largest absolute Gasteiger partial charge is 0.314 e. The quantitative estimate of drug-likeness (QED) is 0.917. The summed E-state index contributed by atoms with van der Waals surface area (Å²) in [4.78, 5) is 2.53. The molecule has 0 aliphatic carbocycles. The molecule has 1 aromatic heterocycles. The number of nitrogens with one attached hydrogen (secondary N) is 1. The molecule has 0 spiro atoms. The van der Waals surface area contributed by atoms with Crippen molar-refractivity contribution in [2.75, 3.05) is 26.2 Å². The van der Waals surface area contributed by atoms with E-state index in [1.165, 1.54) is 20.1 Å². The summed E-state index contributed by atoms with van der Waals surface area (Å²) in [6, 6.07) is 6.44. The van der Waals surface area contributed by atoms with E-state index in [1.54, 1.807) is 0 Å². The third-order valence-electron chi connectivity index (χ3n) is 3.23. The molecule has 90 valence electrons. The van der Waals surface area contributed by atoms with Crippen molar-refractivity contribution in [1.82, 2.24) is 10.2 Å². The fourth-order valence-corrected chi connectivity index (χ4v) is 4.06. The van der Waals surface area contributed by atoms with Crippen LogP contribution in [0.2, 0.25) is 0 Å². The monoisotopic (exact) mass is 310 g/mol. The molecular weight excluding hydrogens is 296 g/mol. The minimum Gasteiger partial charge on any atom is -0.314 e. The summed E-state index contributed by atoms with van der Waals surface area (Å²) >= 11 is 5.51. The van der Waals surface area contributed by atoms with Crippen LogP contribution in [0.1, 0.15) is 5.56 Å². The molecule has 0 amide bonds. The van der Waals surface area contributed by atoms with Gasteiger partial charge in [-0.15, -0.1) is 11.3 Å². The van der Waals surface area contributed by atoms with Gasteiger partial charge < -0.3 is 5.32 Å². The van der Waals surface area contributed by atoms with Gasteiger partial charge in [0.2, 0.25) is 0 Å². The number of benzene rings is 1. The van der Waals surface area contributed by atoms with Gasteiger partial charge in [-0.3, -0.25) is 4.90 Å². The fraction of sp³-hybridized carbons (Fsp3) is 0.385. The molecule has 2 heterocycles. The van der Waals surface area contributed by atoms with Crippen molar-refractivity contribution in [3.63, 3.8) is 0 Å². The zero-order chi connectivity index (χ0) is 11.7. The number of halogens is 1. The number of piperazine rings is 1. The Bertz CT molecular complexity index is 517. The predicted octanol–water partition coefficient (Wildman–Crippen LogP) is 3.07. The predicted molar refractivity (Wildman–Crippen MR) is 77.7 cm³/mol. The molecule has 1 N–H and O–H groups in total. The Balaban J connectivity index is 1.89. The Labute approximate surface area is 114 Å². The van der Waals surface area contributed by atoms with Gasteiger partial charge in [0, 0.05) is 47.3 Å². The Morgan fingerprint density at radius 3 is 2.94 bits per heavy atom. The lowest BCUT2D eigenvalue weighted by molar-refractivity contribution is 0.234. The van der Waals surface area contributed by atoms with Crippen LogP contribution in [0.3, 0.4) is 0 Å². The van der Waals surface area contributed by atoms with Crippen LogP contribution in [-0.2, 0) is 6.54 Å². The molecule has 2 nitrogen and oxygen atoms in total. The first-order valence-electron chi connectivity index (χ1n) is 5.92. The maximum absolute atomic E-state index is 3.67. The van der Waals surface area contributed by atoms with Crippen LogP contribution < -0.4 is 5.32 Å². The van der Waals surface area contributed by atoms with Crippen molar-refractivity contribution in [1.29, 1.82) is 0 Å². The Morgan fingerprint density at radius 2 is 2.12 bits per heavy atom. The van der Waals surface area contributed by atoms with Gasteiger partial charge in [0.15, 0.2) is 0 Å². The molecule has 4 heteroatoms. The zero-order valence-corrected chi connectivity index (χ0v) is 12.0. The van der Waals surface area contributed by atoms with Crippen molar-refractivity contribution >= 4 is 37.4 Å². The van der Waals surface area contributed by atoms with Crippen LogP contribution in [0, 0.1) is 0 Å². The lowest BCUT2D eigenvalue weighted by Gasteiger charge is -2.27. The molecule has 0 bridgehead atoms. The second-order valence-electron chi connectivity index (χ2n) is 4.40. The van der Waals surface area contributed by atoms with E-state index in [4.69, 9.17) is 0 Å². The maximum Gasteiger partial charge on any atom is 0.0357 e. The van der Waals surface area contributed by atoms with Gasteiger partial charge in [-0.2, -0.15) is 0 Å². The first-order chi connectivity index (χ1) is 8.34. The van der Waals surface area contributed by atoms with Crippen LogP contribution in [-0.4, -0.2) is 31.1 Å². The van der Waals surface area contributed by atoms with Crippen molar-refractivity contribution in [3.05, 3.63) is 33.6 Å². The lowest BCUT2D eigenvalue weighted by Crippen LogP contribution is -2.42. The number of nitrogens with zero attached hydrogens (tertiary/aromatic N) is 1. The summed E-state index contributed by atoms with van der Waals surface area (Å²) in [5.41, 5.74) is 1.46. The van der Waals surface area contributed by atoms with Crippen molar-refractivity contribution < 1.29 is 0 Å². The molecule has 0 unspecified atom stereocenters. The van der Waals surface area contributed by atoms with Crippen molar-refractivity contribution in [3.8, 4) is 0 Å². The molecular formula is C13H15BrN2S. The third-order valence-corrected chi connectivity index (χ3v) is 4.89. The molecule has 1 aliphatic rings. The molecule has 3 rings (SSSR count). The van der Waals surface area contributed by atoms with Gasteiger partial charge in [0.1, 0.15) is 0 Å².